The monoisotopic (exact) mass is 263 g/mol. The van der Waals surface area contributed by atoms with Gasteiger partial charge in [0.1, 0.15) is 11.9 Å². The predicted octanol–water partition coefficient (Wildman–Crippen LogP) is 1.45. The minimum atomic E-state index is -1.39. The van der Waals surface area contributed by atoms with E-state index in [4.69, 9.17) is 9.84 Å². The number of aliphatic carboxylic acids is 1. The largest absolute Gasteiger partial charge is 0.490 e. The quantitative estimate of drug-likeness (QED) is 0.820. The first-order valence-corrected chi connectivity index (χ1v) is 6.32. The third kappa shape index (κ3) is 3.47. The molecule has 1 N–H and O–H groups in total. The molecule has 2 rings (SSSR count). The van der Waals surface area contributed by atoms with Crippen molar-refractivity contribution in [1.82, 2.24) is 4.90 Å². The van der Waals surface area contributed by atoms with E-state index in [1.165, 1.54) is 10.5 Å². The van der Waals surface area contributed by atoms with Gasteiger partial charge in [-0.3, -0.25) is 4.79 Å². The summed E-state index contributed by atoms with van der Waals surface area (Å²) in [5.74, 6) is -1.40. The number of benzene rings is 1. The van der Waals surface area contributed by atoms with Crippen molar-refractivity contribution in [1.29, 1.82) is 0 Å². The Labute approximate surface area is 111 Å². The second-order valence-corrected chi connectivity index (χ2v) is 4.73. The molecule has 102 valence electrons. The van der Waals surface area contributed by atoms with Crippen LogP contribution in [0.2, 0.25) is 0 Å². The molecule has 1 amide bonds. The van der Waals surface area contributed by atoms with Gasteiger partial charge in [-0.15, -0.1) is 0 Å². The highest BCUT2D eigenvalue weighted by atomic mass is 16.5. The number of amides is 1. The zero-order valence-corrected chi connectivity index (χ0v) is 10.8. The standard InChI is InChI=1S/C14H17NO4/c1-10-2-4-11(5-3-10)19-12-6-8-15(9-7-12)13(16)14(17)18/h2-5,12H,6-9H2,1H3,(H,17,18). The Kier molecular flexibility index (Phi) is 4.04. The van der Waals surface area contributed by atoms with Crippen molar-refractivity contribution in [3.8, 4) is 5.75 Å². The molecule has 1 aromatic rings. The van der Waals surface area contributed by atoms with Crippen molar-refractivity contribution in [2.75, 3.05) is 13.1 Å². The molecule has 0 unspecified atom stereocenters. The van der Waals surface area contributed by atoms with E-state index in [-0.39, 0.29) is 6.10 Å². The van der Waals surface area contributed by atoms with Gasteiger partial charge in [0.15, 0.2) is 0 Å². The molecule has 19 heavy (non-hydrogen) atoms. The summed E-state index contributed by atoms with van der Waals surface area (Å²) in [5, 5.41) is 8.64. The average molecular weight is 263 g/mol. The number of piperidine rings is 1. The summed E-state index contributed by atoms with van der Waals surface area (Å²) in [6.45, 7) is 2.88. The maximum absolute atomic E-state index is 11.3. The van der Waals surface area contributed by atoms with E-state index in [1.807, 2.05) is 31.2 Å². The van der Waals surface area contributed by atoms with Crippen LogP contribution in [0.3, 0.4) is 0 Å². The van der Waals surface area contributed by atoms with Crippen LogP contribution in [0.1, 0.15) is 18.4 Å². The van der Waals surface area contributed by atoms with Gasteiger partial charge in [-0.05, 0) is 19.1 Å². The number of rotatable bonds is 2. The maximum Gasteiger partial charge on any atom is 0.394 e. The number of ether oxygens (including phenoxy) is 1. The van der Waals surface area contributed by atoms with E-state index in [2.05, 4.69) is 0 Å². The second kappa shape index (κ2) is 5.73. The molecular weight excluding hydrogens is 246 g/mol. The summed E-state index contributed by atoms with van der Waals surface area (Å²) in [5.41, 5.74) is 1.18. The lowest BCUT2D eigenvalue weighted by atomic mass is 10.1. The molecule has 1 aliphatic rings. The van der Waals surface area contributed by atoms with Crippen LogP contribution in [-0.2, 0) is 9.59 Å². The van der Waals surface area contributed by atoms with E-state index in [9.17, 15) is 9.59 Å². The third-order valence-electron chi connectivity index (χ3n) is 3.24. The molecule has 0 spiro atoms. The predicted molar refractivity (Wildman–Crippen MR) is 69.0 cm³/mol. The number of aryl methyl sites for hydroxylation is 1. The number of hydrogen-bond donors (Lipinski definition) is 1. The number of carboxylic acids is 1. The van der Waals surface area contributed by atoms with Crippen LogP contribution in [0, 0.1) is 6.92 Å². The summed E-state index contributed by atoms with van der Waals surface area (Å²) in [7, 11) is 0. The lowest BCUT2D eigenvalue weighted by Gasteiger charge is -2.31. The number of carbonyl (C=O) groups excluding carboxylic acids is 1. The topological polar surface area (TPSA) is 66.8 Å². The SMILES string of the molecule is Cc1ccc(OC2CCN(C(=O)C(=O)O)CC2)cc1. The van der Waals surface area contributed by atoms with Gasteiger partial charge >= 0.3 is 11.9 Å². The minimum Gasteiger partial charge on any atom is -0.490 e. The molecule has 0 aromatic heterocycles. The number of nitrogens with zero attached hydrogens (tertiary/aromatic N) is 1. The lowest BCUT2D eigenvalue weighted by molar-refractivity contribution is -0.156. The van der Waals surface area contributed by atoms with Crippen molar-refractivity contribution in [3.63, 3.8) is 0 Å². The normalized spacial score (nSPS) is 16.2. The molecule has 1 fully saturated rings. The number of carbonyl (C=O) groups is 2. The molecule has 0 saturated carbocycles. The van der Waals surface area contributed by atoms with E-state index >= 15 is 0 Å². The van der Waals surface area contributed by atoms with Gasteiger partial charge in [-0.1, -0.05) is 17.7 Å². The summed E-state index contributed by atoms with van der Waals surface area (Å²) < 4.78 is 5.81. The van der Waals surface area contributed by atoms with Crippen LogP contribution in [0.4, 0.5) is 0 Å². The van der Waals surface area contributed by atoms with Gasteiger partial charge in [-0.2, -0.15) is 0 Å². The van der Waals surface area contributed by atoms with E-state index in [1.54, 1.807) is 0 Å². The molecule has 5 nitrogen and oxygen atoms in total. The highest BCUT2D eigenvalue weighted by Gasteiger charge is 2.27. The Balaban J connectivity index is 1.85. The number of likely N-dealkylation sites (tertiary alicyclic amines) is 1. The smallest absolute Gasteiger partial charge is 0.394 e. The summed E-state index contributed by atoms with van der Waals surface area (Å²) in [6.07, 6.45) is 1.36. The van der Waals surface area contributed by atoms with E-state index < -0.39 is 11.9 Å². The summed E-state index contributed by atoms with van der Waals surface area (Å²) in [6, 6.07) is 7.81. The first kappa shape index (κ1) is 13.4. The average Bonchev–Trinajstić information content (AvgIpc) is 2.41. The molecule has 1 aliphatic heterocycles. The summed E-state index contributed by atoms with van der Waals surface area (Å²) in [4.78, 5) is 23.2. The molecule has 5 heteroatoms. The van der Waals surface area contributed by atoms with Gasteiger partial charge in [0.2, 0.25) is 0 Å². The summed E-state index contributed by atoms with van der Waals surface area (Å²) >= 11 is 0. The zero-order chi connectivity index (χ0) is 13.8. The van der Waals surface area contributed by atoms with Crippen LogP contribution < -0.4 is 4.74 Å². The maximum atomic E-state index is 11.3. The highest BCUT2D eigenvalue weighted by Crippen LogP contribution is 2.19. The Morgan fingerprint density at radius 1 is 1.21 bits per heavy atom. The molecular formula is C14H17NO4. The molecule has 0 atom stereocenters. The molecule has 1 heterocycles. The second-order valence-electron chi connectivity index (χ2n) is 4.73. The molecule has 1 aromatic carbocycles. The Morgan fingerprint density at radius 2 is 1.79 bits per heavy atom. The lowest BCUT2D eigenvalue weighted by Crippen LogP contribution is -2.44. The fourth-order valence-electron chi connectivity index (χ4n) is 2.12. The van der Waals surface area contributed by atoms with E-state index in [0.717, 1.165) is 5.75 Å². The van der Waals surface area contributed by atoms with Crippen molar-refractivity contribution in [2.45, 2.75) is 25.9 Å². The van der Waals surface area contributed by atoms with Crippen LogP contribution in [0.5, 0.6) is 5.75 Å². The van der Waals surface area contributed by atoms with Crippen LogP contribution in [0.25, 0.3) is 0 Å². The van der Waals surface area contributed by atoms with Gasteiger partial charge in [0.05, 0.1) is 0 Å². The fourth-order valence-corrected chi connectivity index (χ4v) is 2.12. The Morgan fingerprint density at radius 3 is 2.32 bits per heavy atom. The first-order chi connectivity index (χ1) is 9.06. The van der Waals surface area contributed by atoms with Gasteiger partial charge in [-0.25, -0.2) is 4.79 Å². The molecule has 1 saturated heterocycles. The van der Waals surface area contributed by atoms with Crippen molar-refractivity contribution in [2.24, 2.45) is 0 Å². The minimum absolute atomic E-state index is 0.0422. The first-order valence-electron chi connectivity index (χ1n) is 6.32. The Hall–Kier alpha value is -2.04. The van der Waals surface area contributed by atoms with Crippen LogP contribution in [-0.4, -0.2) is 41.1 Å². The molecule has 0 radical (unpaired) electrons. The molecule has 0 bridgehead atoms. The zero-order valence-electron chi connectivity index (χ0n) is 10.8. The van der Waals surface area contributed by atoms with Crippen LogP contribution in [0.15, 0.2) is 24.3 Å². The Bertz CT molecular complexity index is 461. The van der Waals surface area contributed by atoms with Crippen molar-refractivity contribution >= 4 is 11.9 Å². The fraction of sp³-hybridized carbons (Fsp3) is 0.429. The van der Waals surface area contributed by atoms with Crippen molar-refractivity contribution in [3.05, 3.63) is 29.8 Å². The van der Waals surface area contributed by atoms with Crippen LogP contribution >= 0.6 is 0 Å². The van der Waals surface area contributed by atoms with E-state index in [0.29, 0.717) is 25.9 Å². The number of hydrogen-bond acceptors (Lipinski definition) is 3. The number of carboxylic acid groups (broad SMARTS) is 1. The third-order valence-corrected chi connectivity index (χ3v) is 3.24. The molecule has 0 aliphatic carbocycles. The van der Waals surface area contributed by atoms with Gasteiger partial charge < -0.3 is 14.7 Å². The van der Waals surface area contributed by atoms with Gasteiger partial charge in [0.25, 0.3) is 0 Å². The van der Waals surface area contributed by atoms with Gasteiger partial charge in [0, 0.05) is 25.9 Å². The highest BCUT2D eigenvalue weighted by molar-refractivity contribution is 6.31. The van der Waals surface area contributed by atoms with Crippen molar-refractivity contribution < 1.29 is 19.4 Å².